The van der Waals surface area contributed by atoms with Crippen molar-refractivity contribution in [1.82, 2.24) is 4.90 Å². The van der Waals surface area contributed by atoms with Crippen molar-refractivity contribution < 1.29 is 14.3 Å². The van der Waals surface area contributed by atoms with Gasteiger partial charge in [0.1, 0.15) is 12.4 Å². The lowest BCUT2D eigenvalue weighted by molar-refractivity contribution is -0.123. The van der Waals surface area contributed by atoms with Crippen LogP contribution in [-0.2, 0) is 17.9 Å². The number of imide groups is 1. The minimum atomic E-state index is -0.406. The van der Waals surface area contributed by atoms with E-state index >= 15 is 0 Å². The predicted octanol–water partition coefficient (Wildman–Crippen LogP) is 7.46. The number of carbonyl (C=O) groups excluding carboxylic acids is 2. The summed E-state index contributed by atoms with van der Waals surface area (Å²) >= 11 is 19.6. The number of hydrogen-bond acceptors (Lipinski definition) is 4. The zero-order chi connectivity index (χ0) is 22.7. The molecule has 8 heteroatoms. The van der Waals surface area contributed by atoms with Gasteiger partial charge in [0.2, 0.25) is 0 Å². The average Bonchev–Trinajstić information content (AvgIpc) is 3.03. The molecule has 0 N–H and O–H groups in total. The second-order valence-corrected chi connectivity index (χ2v) is 9.15. The Morgan fingerprint density at radius 2 is 1.59 bits per heavy atom. The summed E-state index contributed by atoms with van der Waals surface area (Å²) < 4.78 is 5.78. The number of ether oxygens (including phenoxy) is 1. The molecule has 1 fully saturated rings. The molecule has 3 aromatic carbocycles. The molecule has 0 spiro atoms. The van der Waals surface area contributed by atoms with Gasteiger partial charge in [0, 0.05) is 15.6 Å². The summed E-state index contributed by atoms with van der Waals surface area (Å²) in [5.74, 6) is 0.130. The van der Waals surface area contributed by atoms with Crippen LogP contribution in [-0.4, -0.2) is 16.0 Å². The first kappa shape index (κ1) is 22.7. The Morgan fingerprint density at radius 1 is 0.875 bits per heavy atom. The third-order valence-electron chi connectivity index (χ3n) is 4.74. The van der Waals surface area contributed by atoms with Gasteiger partial charge in [-0.05, 0) is 53.2 Å². The number of halogens is 3. The molecular weight excluding hydrogens is 489 g/mol. The molecule has 0 aromatic heterocycles. The van der Waals surface area contributed by atoms with E-state index in [9.17, 15) is 9.59 Å². The van der Waals surface area contributed by atoms with Crippen molar-refractivity contribution in [3.05, 3.63) is 103 Å². The van der Waals surface area contributed by atoms with Crippen LogP contribution in [0.15, 0.2) is 71.6 Å². The smallest absolute Gasteiger partial charge is 0.293 e. The summed E-state index contributed by atoms with van der Waals surface area (Å²) in [5.41, 5.74) is 2.24. The van der Waals surface area contributed by atoms with Crippen molar-refractivity contribution in [1.29, 1.82) is 0 Å². The first-order valence-corrected chi connectivity index (χ1v) is 11.5. The normalized spacial score (nSPS) is 15.0. The number of nitrogens with zero attached hydrogens (tertiary/aromatic N) is 1. The summed E-state index contributed by atoms with van der Waals surface area (Å²) in [7, 11) is 0. The summed E-state index contributed by atoms with van der Waals surface area (Å²) in [4.78, 5) is 26.7. The van der Waals surface area contributed by atoms with Gasteiger partial charge in [0.05, 0.1) is 16.5 Å². The molecular formula is C24H16Cl3NO3S. The number of hydrogen-bond donors (Lipinski definition) is 0. The van der Waals surface area contributed by atoms with Crippen molar-refractivity contribution >= 4 is 63.8 Å². The van der Waals surface area contributed by atoms with E-state index in [1.165, 1.54) is 0 Å². The van der Waals surface area contributed by atoms with Gasteiger partial charge in [-0.1, -0.05) is 77.3 Å². The molecule has 4 nitrogen and oxygen atoms in total. The van der Waals surface area contributed by atoms with E-state index in [2.05, 4.69) is 0 Å². The molecule has 0 bridgehead atoms. The summed E-state index contributed by atoms with van der Waals surface area (Å²) in [5, 5.41) is 0.833. The summed E-state index contributed by atoms with van der Waals surface area (Å²) in [6.45, 7) is 0.400. The minimum Gasteiger partial charge on any atom is -0.487 e. The first-order chi connectivity index (χ1) is 15.4. The van der Waals surface area contributed by atoms with E-state index in [-0.39, 0.29) is 11.8 Å². The molecule has 1 aliphatic rings. The maximum absolute atomic E-state index is 12.8. The second kappa shape index (κ2) is 10.0. The van der Waals surface area contributed by atoms with Crippen molar-refractivity contribution in [3.63, 3.8) is 0 Å². The van der Waals surface area contributed by atoms with E-state index in [0.717, 1.165) is 22.2 Å². The number of benzene rings is 3. The fourth-order valence-electron chi connectivity index (χ4n) is 3.09. The lowest BCUT2D eigenvalue weighted by Crippen LogP contribution is -2.27. The van der Waals surface area contributed by atoms with Gasteiger partial charge in [-0.3, -0.25) is 14.5 Å². The maximum Gasteiger partial charge on any atom is 0.293 e. The van der Waals surface area contributed by atoms with Crippen LogP contribution in [0.5, 0.6) is 5.75 Å². The zero-order valence-electron chi connectivity index (χ0n) is 16.6. The first-order valence-electron chi connectivity index (χ1n) is 9.57. The molecule has 162 valence electrons. The highest BCUT2D eigenvalue weighted by molar-refractivity contribution is 8.18. The molecule has 0 atom stereocenters. The van der Waals surface area contributed by atoms with E-state index in [0.29, 0.717) is 43.5 Å². The standard InChI is InChI=1S/C24H16Cl3NO3S/c25-18-7-4-8-19(26)17(18)13-28-23(29)22(32-24(28)30)12-16-9-10-21(20(27)11-16)31-14-15-5-2-1-3-6-15/h1-12H,13-14H2/b22-12-. The van der Waals surface area contributed by atoms with Crippen molar-refractivity contribution in [3.8, 4) is 5.75 Å². The molecule has 3 aromatic rings. The SMILES string of the molecule is O=C1S/C(=C\c2ccc(OCc3ccccc3)c(Cl)c2)C(=O)N1Cc1c(Cl)cccc1Cl. The van der Waals surface area contributed by atoms with Gasteiger partial charge in [0.25, 0.3) is 11.1 Å². The lowest BCUT2D eigenvalue weighted by Gasteiger charge is -2.14. The molecule has 0 saturated carbocycles. The van der Waals surface area contributed by atoms with Crippen LogP contribution in [0, 0.1) is 0 Å². The van der Waals surface area contributed by atoms with Crippen LogP contribution in [0.1, 0.15) is 16.7 Å². The van der Waals surface area contributed by atoms with Crippen molar-refractivity contribution in [2.45, 2.75) is 13.2 Å². The zero-order valence-corrected chi connectivity index (χ0v) is 19.6. The fraction of sp³-hybridized carbons (Fsp3) is 0.0833. The molecule has 2 amide bonds. The lowest BCUT2D eigenvalue weighted by atomic mass is 10.2. The highest BCUT2D eigenvalue weighted by atomic mass is 35.5. The van der Waals surface area contributed by atoms with Gasteiger partial charge in [0.15, 0.2) is 0 Å². The molecule has 0 radical (unpaired) electrons. The van der Waals surface area contributed by atoms with E-state index < -0.39 is 5.91 Å². The Labute approximate surface area is 204 Å². The Kier molecular flexibility index (Phi) is 7.11. The highest BCUT2D eigenvalue weighted by Crippen LogP contribution is 2.36. The molecule has 32 heavy (non-hydrogen) atoms. The van der Waals surface area contributed by atoms with Gasteiger partial charge < -0.3 is 4.74 Å². The maximum atomic E-state index is 12.8. The van der Waals surface area contributed by atoms with Crippen LogP contribution >= 0.6 is 46.6 Å². The number of amides is 2. The average molecular weight is 505 g/mol. The minimum absolute atomic E-state index is 0.00747. The van der Waals surface area contributed by atoms with Gasteiger partial charge in [-0.15, -0.1) is 0 Å². The molecule has 4 rings (SSSR count). The van der Waals surface area contributed by atoms with Crippen LogP contribution in [0.2, 0.25) is 15.1 Å². The number of rotatable bonds is 6. The third-order valence-corrected chi connectivity index (χ3v) is 6.65. The Bertz CT molecular complexity index is 1190. The molecule has 1 aliphatic heterocycles. The summed E-state index contributed by atoms with van der Waals surface area (Å²) in [6.07, 6.45) is 1.63. The third kappa shape index (κ3) is 5.13. The van der Waals surface area contributed by atoms with E-state index in [1.54, 1.807) is 42.5 Å². The highest BCUT2D eigenvalue weighted by Gasteiger charge is 2.35. The number of thioether (sulfide) groups is 1. The monoisotopic (exact) mass is 503 g/mol. The molecule has 1 saturated heterocycles. The quantitative estimate of drug-likeness (QED) is 0.327. The molecule has 0 aliphatic carbocycles. The van der Waals surface area contributed by atoms with Gasteiger partial charge in [-0.25, -0.2) is 0 Å². The Balaban J connectivity index is 1.48. The second-order valence-electron chi connectivity index (χ2n) is 6.93. The summed E-state index contributed by atoms with van der Waals surface area (Å²) in [6, 6.07) is 20.0. The van der Waals surface area contributed by atoms with Crippen molar-refractivity contribution in [2.24, 2.45) is 0 Å². The topological polar surface area (TPSA) is 46.6 Å². The van der Waals surface area contributed by atoms with Crippen LogP contribution in [0.25, 0.3) is 6.08 Å². The molecule has 0 unspecified atom stereocenters. The van der Waals surface area contributed by atoms with Crippen LogP contribution < -0.4 is 4.74 Å². The Morgan fingerprint density at radius 3 is 2.28 bits per heavy atom. The van der Waals surface area contributed by atoms with Crippen LogP contribution in [0.3, 0.4) is 0 Å². The number of carbonyl (C=O) groups is 2. The predicted molar refractivity (Wildman–Crippen MR) is 130 cm³/mol. The van der Waals surface area contributed by atoms with E-state index in [1.807, 2.05) is 30.3 Å². The van der Waals surface area contributed by atoms with Gasteiger partial charge in [-0.2, -0.15) is 0 Å². The van der Waals surface area contributed by atoms with Crippen molar-refractivity contribution in [2.75, 3.05) is 0 Å². The Hall–Kier alpha value is -2.44. The van der Waals surface area contributed by atoms with E-state index in [4.69, 9.17) is 39.5 Å². The van der Waals surface area contributed by atoms with Gasteiger partial charge >= 0.3 is 0 Å². The van der Waals surface area contributed by atoms with Crippen LogP contribution in [0.4, 0.5) is 4.79 Å². The fourth-order valence-corrected chi connectivity index (χ4v) is 4.69. The molecule has 1 heterocycles. The largest absolute Gasteiger partial charge is 0.487 e.